The van der Waals surface area contributed by atoms with Crippen LogP contribution in [0.2, 0.25) is 0 Å². The summed E-state index contributed by atoms with van der Waals surface area (Å²) in [5.74, 6) is 2.16. The van der Waals surface area contributed by atoms with Crippen molar-refractivity contribution in [2.45, 2.75) is 6.42 Å². The van der Waals surface area contributed by atoms with Crippen molar-refractivity contribution in [1.29, 1.82) is 0 Å². The highest BCUT2D eigenvalue weighted by Crippen LogP contribution is 2.42. The van der Waals surface area contributed by atoms with Crippen LogP contribution >= 0.6 is 0 Å². The lowest BCUT2D eigenvalue weighted by molar-refractivity contribution is 0.165. The van der Waals surface area contributed by atoms with Crippen LogP contribution in [0.4, 0.5) is 0 Å². The molecule has 1 aliphatic rings. The van der Waals surface area contributed by atoms with E-state index >= 15 is 0 Å². The Hall–Kier alpha value is -2.29. The monoisotopic (exact) mass is 340 g/mol. The van der Waals surface area contributed by atoms with Gasteiger partial charge in [-0.05, 0) is 12.1 Å². The Labute approximate surface area is 133 Å². The van der Waals surface area contributed by atoms with Gasteiger partial charge in [-0.2, -0.15) is 4.98 Å². The molecule has 0 amide bonds. The van der Waals surface area contributed by atoms with Crippen LogP contribution in [0.25, 0.3) is 11.5 Å². The van der Waals surface area contributed by atoms with Gasteiger partial charge in [0.2, 0.25) is 5.75 Å². The molecule has 2 aromatic rings. The SMILES string of the molecule is COc1cc(-c2nc(CCS(C)(=O)=O)no2)cc2c1OCCO2. The summed E-state index contributed by atoms with van der Waals surface area (Å²) in [5, 5.41) is 3.80. The number of methoxy groups -OCH3 is 1. The summed E-state index contributed by atoms with van der Waals surface area (Å²) >= 11 is 0. The Morgan fingerprint density at radius 1 is 1.26 bits per heavy atom. The number of hydrogen-bond donors (Lipinski definition) is 0. The van der Waals surface area contributed by atoms with Crippen LogP contribution in [-0.2, 0) is 16.3 Å². The highest BCUT2D eigenvalue weighted by atomic mass is 32.2. The molecule has 0 aliphatic carbocycles. The van der Waals surface area contributed by atoms with Crippen LogP contribution in [0.5, 0.6) is 17.2 Å². The van der Waals surface area contributed by atoms with E-state index in [1.54, 1.807) is 12.1 Å². The molecule has 23 heavy (non-hydrogen) atoms. The normalized spacial score (nSPS) is 13.8. The maximum Gasteiger partial charge on any atom is 0.258 e. The molecule has 0 bridgehead atoms. The molecular formula is C14H16N2O6S. The first-order valence-corrected chi connectivity index (χ1v) is 9.00. The van der Waals surface area contributed by atoms with Gasteiger partial charge in [0.25, 0.3) is 5.89 Å². The second kappa shape index (κ2) is 6.07. The molecule has 0 fully saturated rings. The van der Waals surface area contributed by atoms with E-state index in [0.717, 1.165) is 0 Å². The number of ether oxygens (including phenoxy) is 3. The number of nitrogens with zero attached hydrogens (tertiary/aromatic N) is 2. The molecule has 0 N–H and O–H groups in total. The van der Waals surface area contributed by atoms with Crippen LogP contribution in [0.1, 0.15) is 5.82 Å². The van der Waals surface area contributed by atoms with Gasteiger partial charge in [0.15, 0.2) is 17.3 Å². The molecule has 1 aromatic carbocycles. The molecule has 9 heteroatoms. The van der Waals surface area contributed by atoms with E-state index in [-0.39, 0.29) is 18.1 Å². The van der Waals surface area contributed by atoms with Gasteiger partial charge in [-0.25, -0.2) is 8.42 Å². The maximum atomic E-state index is 11.2. The molecule has 0 saturated heterocycles. The summed E-state index contributed by atoms with van der Waals surface area (Å²) in [6, 6.07) is 3.44. The van der Waals surface area contributed by atoms with E-state index < -0.39 is 9.84 Å². The van der Waals surface area contributed by atoms with Crippen LogP contribution < -0.4 is 14.2 Å². The zero-order valence-corrected chi connectivity index (χ0v) is 13.6. The van der Waals surface area contributed by atoms with E-state index in [4.69, 9.17) is 18.7 Å². The second-order valence-electron chi connectivity index (χ2n) is 5.10. The highest BCUT2D eigenvalue weighted by molar-refractivity contribution is 7.90. The molecule has 1 aromatic heterocycles. The van der Waals surface area contributed by atoms with E-state index in [0.29, 0.717) is 41.9 Å². The van der Waals surface area contributed by atoms with Crippen LogP contribution in [0.3, 0.4) is 0 Å². The van der Waals surface area contributed by atoms with Crippen molar-refractivity contribution < 1.29 is 27.2 Å². The smallest absolute Gasteiger partial charge is 0.258 e. The fourth-order valence-electron chi connectivity index (χ4n) is 2.15. The van der Waals surface area contributed by atoms with Gasteiger partial charge in [-0.3, -0.25) is 0 Å². The fraction of sp³-hybridized carbons (Fsp3) is 0.429. The van der Waals surface area contributed by atoms with Gasteiger partial charge in [-0.1, -0.05) is 5.16 Å². The largest absolute Gasteiger partial charge is 0.493 e. The summed E-state index contributed by atoms with van der Waals surface area (Å²) in [5.41, 5.74) is 0.615. The number of sulfone groups is 1. The van der Waals surface area contributed by atoms with Crippen molar-refractivity contribution >= 4 is 9.84 Å². The van der Waals surface area contributed by atoms with Crippen molar-refractivity contribution in [3.05, 3.63) is 18.0 Å². The third-order valence-electron chi connectivity index (χ3n) is 3.24. The van der Waals surface area contributed by atoms with Crippen molar-refractivity contribution in [3.8, 4) is 28.7 Å². The molecule has 0 radical (unpaired) electrons. The Bertz CT molecular complexity index is 797. The number of hydrogen-bond acceptors (Lipinski definition) is 8. The van der Waals surface area contributed by atoms with Gasteiger partial charge in [0.05, 0.1) is 12.9 Å². The predicted molar refractivity (Wildman–Crippen MR) is 80.7 cm³/mol. The zero-order chi connectivity index (χ0) is 16.4. The summed E-state index contributed by atoms with van der Waals surface area (Å²) in [6.07, 6.45) is 1.36. The third-order valence-corrected chi connectivity index (χ3v) is 4.19. The van der Waals surface area contributed by atoms with Crippen molar-refractivity contribution in [1.82, 2.24) is 10.1 Å². The number of aromatic nitrogens is 2. The molecule has 8 nitrogen and oxygen atoms in total. The van der Waals surface area contributed by atoms with E-state index in [1.807, 2.05) is 0 Å². The predicted octanol–water partition coefficient (Wildman–Crippen LogP) is 1.10. The van der Waals surface area contributed by atoms with Gasteiger partial charge < -0.3 is 18.7 Å². The molecule has 0 spiro atoms. The average molecular weight is 340 g/mol. The topological polar surface area (TPSA) is 101 Å². The summed E-state index contributed by atoms with van der Waals surface area (Å²) < 4.78 is 44.0. The first-order chi connectivity index (χ1) is 11.0. The van der Waals surface area contributed by atoms with E-state index in [1.165, 1.54) is 13.4 Å². The molecular weight excluding hydrogens is 324 g/mol. The van der Waals surface area contributed by atoms with Gasteiger partial charge >= 0.3 is 0 Å². The lowest BCUT2D eigenvalue weighted by atomic mass is 10.1. The molecule has 0 saturated carbocycles. The minimum absolute atomic E-state index is 0.0313. The number of fused-ring (bicyclic) bond motifs is 1. The minimum Gasteiger partial charge on any atom is -0.493 e. The lowest BCUT2D eigenvalue weighted by Gasteiger charge is -2.20. The van der Waals surface area contributed by atoms with E-state index in [9.17, 15) is 8.42 Å². The Morgan fingerprint density at radius 3 is 2.78 bits per heavy atom. The molecule has 1 aliphatic heterocycles. The Morgan fingerprint density at radius 2 is 2.04 bits per heavy atom. The standard InChI is InChI=1S/C14H16N2O6S/c1-19-10-7-9(8-11-13(10)21-5-4-20-11)14-15-12(16-22-14)3-6-23(2,17)18/h7-8H,3-6H2,1-2H3. The first-order valence-electron chi connectivity index (χ1n) is 6.94. The highest BCUT2D eigenvalue weighted by Gasteiger charge is 2.21. The zero-order valence-electron chi connectivity index (χ0n) is 12.7. The molecule has 0 atom stereocenters. The summed E-state index contributed by atoms with van der Waals surface area (Å²) in [7, 11) is -1.55. The third kappa shape index (κ3) is 3.55. The van der Waals surface area contributed by atoms with Crippen molar-refractivity contribution in [3.63, 3.8) is 0 Å². The summed E-state index contributed by atoms with van der Waals surface area (Å²) in [4.78, 5) is 4.21. The van der Waals surface area contributed by atoms with Crippen LogP contribution in [0, 0.1) is 0 Å². The first kappa shape index (κ1) is 15.6. The Balaban J connectivity index is 1.88. The second-order valence-corrected chi connectivity index (χ2v) is 7.36. The quantitative estimate of drug-likeness (QED) is 0.797. The van der Waals surface area contributed by atoms with Gasteiger partial charge in [0, 0.05) is 18.2 Å². The molecule has 3 rings (SSSR count). The fourth-order valence-corrected chi connectivity index (χ4v) is 2.70. The van der Waals surface area contributed by atoms with Crippen LogP contribution in [-0.4, -0.2) is 50.9 Å². The van der Waals surface area contributed by atoms with E-state index in [2.05, 4.69) is 10.1 Å². The van der Waals surface area contributed by atoms with Crippen molar-refractivity contribution in [2.24, 2.45) is 0 Å². The van der Waals surface area contributed by atoms with Crippen molar-refractivity contribution in [2.75, 3.05) is 32.3 Å². The number of benzene rings is 1. The number of aryl methyl sites for hydroxylation is 1. The molecule has 2 heterocycles. The minimum atomic E-state index is -3.08. The average Bonchev–Trinajstić information content (AvgIpc) is 3.00. The molecule has 0 unspecified atom stereocenters. The van der Waals surface area contributed by atoms with Gasteiger partial charge in [0.1, 0.15) is 23.1 Å². The lowest BCUT2D eigenvalue weighted by Crippen LogP contribution is -2.16. The molecule has 124 valence electrons. The Kier molecular flexibility index (Phi) is 4.12. The number of rotatable bonds is 5. The van der Waals surface area contributed by atoms with Crippen LogP contribution in [0.15, 0.2) is 16.7 Å². The maximum absolute atomic E-state index is 11.2. The summed E-state index contributed by atoms with van der Waals surface area (Å²) in [6.45, 7) is 0.905. The van der Waals surface area contributed by atoms with Gasteiger partial charge in [-0.15, -0.1) is 0 Å².